The van der Waals surface area contributed by atoms with Gasteiger partial charge < -0.3 is 30.6 Å². The van der Waals surface area contributed by atoms with Crippen LogP contribution in [0.5, 0.6) is 0 Å². The van der Waals surface area contributed by atoms with E-state index in [0.717, 1.165) is 32.2 Å². The number of rotatable bonds is 9. The molecule has 9 heteroatoms. The number of aliphatic hydroxyl groups excluding tert-OH is 1. The van der Waals surface area contributed by atoms with Gasteiger partial charge in [0.05, 0.1) is 24.3 Å². The van der Waals surface area contributed by atoms with Crippen molar-refractivity contribution in [1.82, 2.24) is 10.2 Å². The molecule has 1 aromatic rings. The van der Waals surface area contributed by atoms with E-state index in [2.05, 4.69) is 17.2 Å². The van der Waals surface area contributed by atoms with Crippen LogP contribution in [0, 0.1) is 11.8 Å². The molecule has 37 heavy (non-hydrogen) atoms. The first-order valence-corrected chi connectivity index (χ1v) is 13.2. The molecule has 200 valence electrons. The van der Waals surface area contributed by atoms with Crippen LogP contribution in [0.4, 0.5) is 11.4 Å². The number of piperidine rings is 1. The van der Waals surface area contributed by atoms with Crippen molar-refractivity contribution in [2.24, 2.45) is 11.8 Å². The van der Waals surface area contributed by atoms with Crippen molar-refractivity contribution >= 4 is 29.1 Å². The topological polar surface area (TPSA) is 122 Å². The maximum absolute atomic E-state index is 13.5. The quantitative estimate of drug-likeness (QED) is 0.377. The zero-order valence-electron chi connectivity index (χ0n) is 21.5. The van der Waals surface area contributed by atoms with Gasteiger partial charge >= 0.3 is 0 Å². The van der Waals surface area contributed by atoms with Crippen LogP contribution in [0.1, 0.15) is 44.6 Å². The number of nitrogens with one attached hydrogen (secondary N) is 2. The predicted molar refractivity (Wildman–Crippen MR) is 142 cm³/mol. The lowest BCUT2D eigenvalue weighted by Gasteiger charge is -2.28. The van der Waals surface area contributed by atoms with Crippen molar-refractivity contribution in [2.45, 2.75) is 50.7 Å². The Bertz CT molecular complexity index is 1070. The molecule has 3 aliphatic heterocycles. The minimum atomic E-state index is -1.85. The highest BCUT2D eigenvalue weighted by Gasteiger charge is 2.52. The average molecular weight is 511 g/mol. The highest BCUT2D eigenvalue weighted by Crippen LogP contribution is 2.46. The lowest BCUT2D eigenvalue weighted by Crippen LogP contribution is -2.44. The van der Waals surface area contributed by atoms with Crippen molar-refractivity contribution in [3.8, 4) is 0 Å². The second-order valence-corrected chi connectivity index (χ2v) is 10.2. The van der Waals surface area contributed by atoms with Gasteiger partial charge in [-0.2, -0.15) is 0 Å². The number of anilines is 2. The number of hydrogen-bond donors (Lipinski definition) is 4. The Labute approximate surface area is 218 Å². The molecule has 3 aliphatic rings. The lowest BCUT2D eigenvalue weighted by atomic mass is 9.82. The summed E-state index contributed by atoms with van der Waals surface area (Å²) in [6, 6.07) is 5.02. The molecule has 0 radical (unpaired) electrons. The van der Waals surface area contributed by atoms with Gasteiger partial charge in [0.1, 0.15) is 0 Å². The Hall–Kier alpha value is -3.01. The first-order chi connectivity index (χ1) is 17.8. The van der Waals surface area contributed by atoms with Crippen LogP contribution < -0.4 is 15.5 Å². The minimum absolute atomic E-state index is 0.0494. The van der Waals surface area contributed by atoms with Crippen LogP contribution in [-0.4, -0.2) is 71.7 Å². The third kappa shape index (κ3) is 5.35. The number of benzene rings is 1. The Morgan fingerprint density at radius 3 is 2.84 bits per heavy atom. The number of amides is 3. The van der Waals surface area contributed by atoms with Crippen LogP contribution in [0.25, 0.3) is 0 Å². The smallest absolute Gasteiger partial charge is 0.264 e. The number of carbonyl (C=O) groups excluding carboxylic acids is 3. The van der Waals surface area contributed by atoms with Gasteiger partial charge in [-0.15, -0.1) is 6.58 Å². The molecule has 1 aromatic carbocycles. The number of aliphatic hydroxyl groups is 2. The standard InChI is InChI=1S/C28H38N4O5/c1-3-14-32-24-12-11-21(30-26(35)20-8-5-13-29-17-20)16-23(24)28(37,27(32)36)19(2)7-4-10-25(34)31-15-6-9-22(31)18-33/h3-4,7,11-12,16,19-20,22,29,33,37H,1,5-6,8-10,13-15,17-18H2,2H3,(H,30,35)/b7-4+/t19-,20?,22-,28+/m0/s1. The number of nitrogens with zero attached hydrogens (tertiary/aromatic N) is 2. The van der Waals surface area contributed by atoms with Gasteiger partial charge in [0.15, 0.2) is 5.60 Å². The van der Waals surface area contributed by atoms with Crippen molar-refractivity contribution in [1.29, 1.82) is 0 Å². The summed E-state index contributed by atoms with van der Waals surface area (Å²) in [6.45, 7) is 7.84. The van der Waals surface area contributed by atoms with Crippen LogP contribution >= 0.6 is 0 Å². The highest BCUT2D eigenvalue weighted by molar-refractivity contribution is 6.08. The third-order valence-electron chi connectivity index (χ3n) is 7.80. The molecule has 3 amide bonds. The zero-order valence-corrected chi connectivity index (χ0v) is 21.5. The summed E-state index contributed by atoms with van der Waals surface area (Å²) >= 11 is 0. The molecular formula is C28H38N4O5. The first-order valence-electron chi connectivity index (χ1n) is 13.2. The summed E-state index contributed by atoms with van der Waals surface area (Å²) in [5.74, 6) is -1.40. The summed E-state index contributed by atoms with van der Waals surface area (Å²) in [5.41, 5.74) is -0.339. The minimum Gasteiger partial charge on any atom is -0.394 e. The van der Waals surface area contributed by atoms with E-state index in [9.17, 15) is 24.6 Å². The molecule has 0 aliphatic carbocycles. The van der Waals surface area contributed by atoms with E-state index >= 15 is 0 Å². The van der Waals surface area contributed by atoms with Crippen molar-refractivity contribution in [3.63, 3.8) is 0 Å². The van der Waals surface area contributed by atoms with Gasteiger partial charge in [0, 0.05) is 43.2 Å². The summed E-state index contributed by atoms with van der Waals surface area (Å²) in [6.07, 6.45) is 8.53. The molecule has 0 aromatic heterocycles. The van der Waals surface area contributed by atoms with Crippen molar-refractivity contribution < 1.29 is 24.6 Å². The number of likely N-dealkylation sites (tertiary alicyclic amines) is 1. The fraction of sp³-hybridized carbons (Fsp3) is 0.536. The number of hydrogen-bond acceptors (Lipinski definition) is 6. The highest BCUT2D eigenvalue weighted by atomic mass is 16.3. The summed E-state index contributed by atoms with van der Waals surface area (Å²) in [7, 11) is 0. The van der Waals surface area contributed by atoms with Crippen LogP contribution in [0.2, 0.25) is 0 Å². The molecule has 0 spiro atoms. The molecule has 9 nitrogen and oxygen atoms in total. The molecule has 1 unspecified atom stereocenters. The molecular weight excluding hydrogens is 472 g/mol. The Morgan fingerprint density at radius 1 is 1.32 bits per heavy atom. The molecule has 2 fully saturated rings. The van der Waals surface area contributed by atoms with E-state index in [-0.39, 0.29) is 43.3 Å². The van der Waals surface area contributed by atoms with Gasteiger partial charge in [-0.3, -0.25) is 14.4 Å². The van der Waals surface area contributed by atoms with Crippen molar-refractivity contribution in [3.05, 3.63) is 48.6 Å². The van der Waals surface area contributed by atoms with Crippen LogP contribution in [0.15, 0.2) is 43.0 Å². The van der Waals surface area contributed by atoms with Crippen LogP contribution in [-0.2, 0) is 20.0 Å². The summed E-state index contributed by atoms with van der Waals surface area (Å²) in [5, 5.41) is 27.5. The molecule has 4 atom stereocenters. The molecule has 4 N–H and O–H groups in total. The molecule has 3 heterocycles. The average Bonchev–Trinajstić information content (AvgIpc) is 3.47. The fourth-order valence-corrected chi connectivity index (χ4v) is 5.64. The maximum atomic E-state index is 13.5. The van der Waals surface area contributed by atoms with E-state index in [1.165, 1.54) is 4.90 Å². The Kier molecular flexibility index (Phi) is 8.46. The van der Waals surface area contributed by atoms with E-state index in [1.54, 1.807) is 48.3 Å². The Balaban J connectivity index is 1.54. The van der Waals surface area contributed by atoms with E-state index in [4.69, 9.17) is 0 Å². The molecule has 0 saturated carbocycles. The SMILES string of the molecule is C=CCN1C(=O)[C@@](O)([C@@H](C)/C=C/CC(=O)N2CCC[C@H]2CO)c2cc(NC(=O)C3CCCNC3)ccc21. The largest absolute Gasteiger partial charge is 0.394 e. The third-order valence-corrected chi connectivity index (χ3v) is 7.80. The van der Waals surface area contributed by atoms with Gasteiger partial charge in [0.2, 0.25) is 11.8 Å². The van der Waals surface area contributed by atoms with Crippen LogP contribution in [0.3, 0.4) is 0 Å². The van der Waals surface area contributed by atoms with Gasteiger partial charge in [-0.1, -0.05) is 25.2 Å². The van der Waals surface area contributed by atoms with E-state index in [1.807, 2.05) is 0 Å². The molecule has 4 rings (SSSR count). The number of carbonyl (C=O) groups is 3. The second-order valence-electron chi connectivity index (χ2n) is 10.2. The summed E-state index contributed by atoms with van der Waals surface area (Å²) in [4.78, 5) is 42.1. The van der Waals surface area contributed by atoms with Gasteiger partial charge in [-0.25, -0.2) is 0 Å². The summed E-state index contributed by atoms with van der Waals surface area (Å²) < 4.78 is 0. The maximum Gasteiger partial charge on any atom is 0.264 e. The molecule has 0 bridgehead atoms. The number of fused-ring (bicyclic) bond motifs is 1. The van der Waals surface area contributed by atoms with Crippen molar-refractivity contribution in [2.75, 3.05) is 43.0 Å². The van der Waals surface area contributed by atoms with E-state index in [0.29, 0.717) is 30.0 Å². The zero-order chi connectivity index (χ0) is 26.6. The molecule has 2 saturated heterocycles. The van der Waals surface area contributed by atoms with Gasteiger partial charge in [0.25, 0.3) is 5.91 Å². The fourth-order valence-electron chi connectivity index (χ4n) is 5.64. The normalized spacial score (nSPS) is 26.4. The second kappa shape index (κ2) is 11.6. The lowest BCUT2D eigenvalue weighted by molar-refractivity contribution is -0.139. The predicted octanol–water partition coefficient (Wildman–Crippen LogP) is 1.91. The van der Waals surface area contributed by atoms with E-state index < -0.39 is 17.4 Å². The monoisotopic (exact) mass is 510 g/mol. The van der Waals surface area contributed by atoms with Gasteiger partial charge in [-0.05, 0) is 50.4 Å². The Morgan fingerprint density at radius 2 is 2.14 bits per heavy atom. The first kappa shape index (κ1) is 27.0.